The first-order valence-electron chi connectivity index (χ1n) is 14.1. The van der Waals surface area contributed by atoms with Gasteiger partial charge in [-0.05, 0) is 73.7 Å². The summed E-state index contributed by atoms with van der Waals surface area (Å²) < 4.78 is 42.7. The van der Waals surface area contributed by atoms with Crippen LogP contribution in [0.1, 0.15) is 50.3 Å². The third-order valence-electron chi connectivity index (χ3n) is 7.12. The number of alkyl halides is 3. The minimum Gasteiger partial charge on any atom is -0.406 e. The molecule has 3 aromatic carbocycles. The number of benzene rings is 3. The lowest BCUT2D eigenvalue weighted by Gasteiger charge is -2.26. The number of rotatable bonds is 7. The lowest BCUT2D eigenvalue weighted by atomic mass is 9.93. The number of amidine groups is 1. The number of ether oxygens (including phenoxy) is 1. The first kappa shape index (κ1) is 31.8. The Bertz CT molecular complexity index is 1750. The Morgan fingerprint density at radius 1 is 1.04 bits per heavy atom. The zero-order chi connectivity index (χ0) is 32.5. The second-order valence-corrected chi connectivity index (χ2v) is 12.3. The molecule has 1 saturated heterocycles. The number of aromatic nitrogens is 3. The van der Waals surface area contributed by atoms with Gasteiger partial charge in [-0.2, -0.15) is 4.99 Å². The number of carbonyl (C=O) groups excluding carboxylic acids is 2. The maximum Gasteiger partial charge on any atom is 0.573 e. The van der Waals surface area contributed by atoms with Crippen LogP contribution in [0.25, 0.3) is 17.1 Å². The second-order valence-electron chi connectivity index (χ2n) is 11.3. The van der Waals surface area contributed by atoms with Crippen molar-refractivity contribution >= 4 is 34.6 Å². The van der Waals surface area contributed by atoms with Crippen LogP contribution >= 0.6 is 11.8 Å². The minimum atomic E-state index is -4.77. The van der Waals surface area contributed by atoms with Crippen LogP contribution in [-0.4, -0.2) is 44.0 Å². The van der Waals surface area contributed by atoms with Gasteiger partial charge in [0.1, 0.15) is 12.1 Å². The fraction of sp³-hybridized carbons (Fsp3) is 0.281. The topological polar surface area (TPSA) is 102 Å². The third kappa shape index (κ3) is 7.36. The number of hydrogen-bond acceptors (Lipinski definition) is 6. The Kier molecular flexibility index (Phi) is 8.74. The molecule has 0 spiro atoms. The van der Waals surface area contributed by atoms with Crippen molar-refractivity contribution in [2.24, 2.45) is 4.99 Å². The lowest BCUT2D eigenvalue weighted by molar-refractivity contribution is -0.274. The molecule has 1 N–H and O–H groups in total. The molecule has 0 radical (unpaired) electrons. The van der Waals surface area contributed by atoms with E-state index in [4.69, 9.17) is 0 Å². The standard InChI is InChI=1S/C32H31F3N6O3S/c1-19(2)25-15-6-20(3)16-26(25)41-27(42)17-45-30(41)37-29(43)38-31(4,5)22-9-7-21(8-10-22)28-36-18-40(39-28)23-11-13-24(14-12-23)44-32(33,34)35/h6-16,18-19H,17H2,1-5H3,(H,38,43)/b37-30-. The smallest absolute Gasteiger partial charge is 0.406 e. The highest BCUT2D eigenvalue weighted by Gasteiger charge is 2.33. The van der Waals surface area contributed by atoms with E-state index >= 15 is 0 Å². The molecule has 0 aliphatic carbocycles. The van der Waals surface area contributed by atoms with E-state index in [0.717, 1.165) is 22.4 Å². The summed E-state index contributed by atoms with van der Waals surface area (Å²) in [6.07, 6.45) is -3.31. The van der Waals surface area contributed by atoms with Crippen molar-refractivity contribution in [1.29, 1.82) is 0 Å². The molecule has 0 saturated carbocycles. The van der Waals surface area contributed by atoms with E-state index in [2.05, 4.69) is 39.0 Å². The van der Waals surface area contributed by atoms with Gasteiger partial charge in [-0.3, -0.25) is 9.69 Å². The zero-order valence-corrected chi connectivity index (χ0v) is 26.0. The summed E-state index contributed by atoms with van der Waals surface area (Å²) in [7, 11) is 0. The Hall–Kier alpha value is -4.65. The number of urea groups is 1. The molecule has 0 unspecified atom stereocenters. The summed E-state index contributed by atoms with van der Waals surface area (Å²) in [5.41, 5.74) is 3.94. The highest BCUT2D eigenvalue weighted by atomic mass is 32.2. The first-order chi connectivity index (χ1) is 21.2. The monoisotopic (exact) mass is 636 g/mol. The molecule has 1 fully saturated rings. The van der Waals surface area contributed by atoms with Gasteiger partial charge in [0.15, 0.2) is 11.0 Å². The quantitative estimate of drug-likeness (QED) is 0.228. The van der Waals surface area contributed by atoms with Gasteiger partial charge >= 0.3 is 12.4 Å². The van der Waals surface area contributed by atoms with Gasteiger partial charge < -0.3 is 10.1 Å². The van der Waals surface area contributed by atoms with Crippen LogP contribution in [0.4, 0.5) is 23.7 Å². The van der Waals surface area contributed by atoms with Crippen molar-refractivity contribution in [3.63, 3.8) is 0 Å². The van der Waals surface area contributed by atoms with Crippen molar-refractivity contribution in [2.45, 2.75) is 52.4 Å². The lowest BCUT2D eigenvalue weighted by Crippen LogP contribution is -2.40. The van der Waals surface area contributed by atoms with Gasteiger partial charge in [-0.1, -0.05) is 62.0 Å². The highest BCUT2D eigenvalue weighted by molar-refractivity contribution is 8.15. The molecule has 9 nitrogen and oxygen atoms in total. The van der Waals surface area contributed by atoms with E-state index in [0.29, 0.717) is 22.2 Å². The average molecular weight is 637 g/mol. The van der Waals surface area contributed by atoms with E-state index in [9.17, 15) is 22.8 Å². The number of nitrogens with zero attached hydrogens (tertiary/aromatic N) is 5. The number of halogens is 3. The Balaban J connectivity index is 1.29. The SMILES string of the molecule is Cc1ccc(C(C)C)c(N2C(=O)CS/C2=N\C(=O)NC(C)(C)c2ccc(-c3ncn(-c4ccc(OC(F)(F)F)cc4)n3)cc2)c1. The number of nitrogens with one attached hydrogen (secondary N) is 1. The highest BCUT2D eigenvalue weighted by Crippen LogP contribution is 2.34. The van der Waals surface area contributed by atoms with Gasteiger partial charge in [-0.25, -0.2) is 14.5 Å². The molecule has 234 valence electrons. The Morgan fingerprint density at radius 2 is 1.73 bits per heavy atom. The van der Waals surface area contributed by atoms with E-state index < -0.39 is 17.9 Å². The summed E-state index contributed by atoms with van der Waals surface area (Å²) in [5.74, 6) is 0.322. The number of aliphatic imine (C=N–C) groups is 1. The molecule has 1 aliphatic rings. The molecule has 1 aromatic heterocycles. The summed E-state index contributed by atoms with van der Waals surface area (Å²) in [4.78, 5) is 36.2. The van der Waals surface area contributed by atoms with Crippen LogP contribution in [0, 0.1) is 6.92 Å². The number of carbonyl (C=O) groups is 2. The summed E-state index contributed by atoms with van der Waals surface area (Å²) >= 11 is 1.23. The van der Waals surface area contributed by atoms with Gasteiger partial charge in [0, 0.05) is 5.56 Å². The molecule has 3 amide bonds. The second kappa shape index (κ2) is 12.4. The molecule has 45 heavy (non-hydrogen) atoms. The summed E-state index contributed by atoms with van der Waals surface area (Å²) in [5, 5.41) is 7.71. The fourth-order valence-electron chi connectivity index (χ4n) is 4.83. The first-order valence-corrected chi connectivity index (χ1v) is 15.0. The molecule has 0 bridgehead atoms. The average Bonchev–Trinajstić information content (AvgIpc) is 3.59. The number of thioether (sulfide) groups is 1. The maximum atomic E-state index is 13.1. The fourth-order valence-corrected chi connectivity index (χ4v) is 5.69. The molecule has 4 aromatic rings. The number of aryl methyl sites for hydroxylation is 1. The van der Waals surface area contributed by atoms with Crippen LogP contribution in [0.2, 0.25) is 0 Å². The van der Waals surface area contributed by atoms with Crippen molar-refractivity contribution in [2.75, 3.05) is 10.7 Å². The molecule has 2 heterocycles. The molecular formula is C32H31F3N6O3S. The third-order valence-corrected chi connectivity index (χ3v) is 8.05. The number of amides is 3. The van der Waals surface area contributed by atoms with E-state index in [-0.39, 0.29) is 23.3 Å². The van der Waals surface area contributed by atoms with Crippen LogP contribution in [0.15, 0.2) is 78.0 Å². The largest absolute Gasteiger partial charge is 0.573 e. The van der Waals surface area contributed by atoms with Crippen molar-refractivity contribution in [3.8, 4) is 22.8 Å². The van der Waals surface area contributed by atoms with Crippen molar-refractivity contribution in [3.05, 3.63) is 89.7 Å². The summed E-state index contributed by atoms with van der Waals surface area (Å²) in [6, 6.07) is 18.0. The predicted octanol–water partition coefficient (Wildman–Crippen LogP) is 7.35. The molecule has 1 aliphatic heterocycles. The van der Waals surface area contributed by atoms with Crippen molar-refractivity contribution in [1.82, 2.24) is 20.1 Å². The Labute approximate surface area is 262 Å². The molecular weight excluding hydrogens is 605 g/mol. The number of anilines is 1. The van der Waals surface area contributed by atoms with Gasteiger partial charge in [0.05, 0.1) is 22.7 Å². The predicted molar refractivity (Wildman–Crippen MR) is 168 cm³/mol. The normalized spacial score (nSPS) is 14.8. The van der Waals surface area contributed by atoms with Gasteiger partial charge in [-0.15, -0.1) is 18.3 Å². The molecule has 0 atom stereocenters. The van der Waals surface area contributed by atoms with E-state index in [1.54, 1.807) is 0 Å². The molecule has 13 heteroatoms. The Morgan fingerprint density at radius 3 is 2.38 bits per heavy atom. The number of hydrogen-bond donors (Lipinski definition) is 1. The van der Waals surface area contributed by atoms with Crippen LogP contribution in [0.5, 0.6) is 5.75 Å². The van der Waals surface area contributed by atoms with Gasteiger partial charge in [0.2, 0.25) is 5.91 Å². The van der Waals surface area contributed by atoms with Crippen LogP contribution in [-0.2, 0) is 10.3 Å². The van der Waals surface area contributed by atoms with E-state index in [1.807, 2.05) is 63.2 Å². The maximum absolute atomic E-state index is 13.1. The van der Waals surface area contributed by atoms with Gasteiger partial charge in [0.25, 0.3) is 0 Å². The van der Waals surface area contributed by atoms with E-state index in [1.165, 1.54) is 51.9 Å². The summed E-state index contributed by atoms with van der Waals surface area (Å²) in [6.45, 7) is 9.77. The van der Waals surface area contributed by atoms with Crippen LogP contribution < -0.4 is 15.0 Å². The zero-order valence-electron chi connectivity index (χ0n) is 25.2. The van der Waals surface area contributed by atoms with Crippen LogP contribution in [0.3, 0.4) is 0 Å². The minimum absolute atomic E-state index is 0.127. The van der Waals surface area contributed by atoms with Crippen molar-refractivity contribution < 1.29 is 27.5 Å². The molecule has 5 rings (SSSR count).